The van der Waals surface area contributed by atoms with Crippen LogP contribution in [-0.2, 0) is 6.42 Å². The molecule has 4 rings (SSSR count). The molecule has 1 heterocycles. The minimum Gasteiger partial charge on any atom is -0.478 e. The molecule has 1 N–H and O–H groups in total. The summed E-state index contributed by atoms with van der Waals surface area (Å²) in [6.45, 7) is 2.24. The normalized spacial score (nSPS) is 30.8. The van der Waals surface area contributed by atoms with Crippen LogP contribution in [0.3, 0.4) is 0 Å². The van der Waals surface area contributed by atoms with Crippen molar-refractivity contribution in [2.24, 2.45) is 17.8 Å². The topological polar surface area (TPSA) is 40.5 Å². The first-order valence-corrected chi connectivity index (χ1v) is 7.82. The van der Waals surface area contributed by atoms with Crippen molar-refractivity contribution in [3.05, 3.63) is 29.3 Å². The van der Waals surface area contributed by atoms with Gasteiger partial charge in [-0.3, -0.25) is 0 Å². The second kappa shape index (κ2) is 4.51. The Balaban J connectivity index is 1.51. The molecule has 1 aromatic rings. The molecular weight excluding hydrogens is 250 g/mol. The summed E-state index contributed by atoms with van der Waals surface area (Å²) in [5.41, 5.74) is 2.91. The van der Waals surface area contributed by atoms with E-state index in [0.717, 1.165) is 30.7 Å². The molecule has 3 aliphatic rings. The summed E-state index contributed by atoms with van der Waals surface area (Å²) < 4.78 is 0. The van der Waals surface area contributed by atoms with E-state index < -0.39 is 5.97 Å². The third-order valence-corrected chi connectivity index (χ3v) is 5.66. The van der Waals surface area contributed by atoms with Gasteiger partial charge < -0.3 is 10.0 Å². The molecule has 1 aromatic carbocycles. The molecule has 20 heavy (non-hydrogen) atoms. The van der Waals surface area contributed by atoms with Gasteiger partial charge in [0.05, 0.1) is 5.56 Å². The molecule has 2 fully saturated rings. The van der Waals surface area contributed by atoms with E-state index in [0.29, 0.717) is 5.56 Å². The van der Waals surface area contributed by atoms with Gasteiger partial charge in [0.2, 0.25) is 0 Å². The van der Waals surface area contributed by atoms with Crippen molar-refractivity contribution in [3.63, 3.8) is 0 Å². The monoisotopic (exact) mass is 271 g/mol. The third kappa shape index (κ3) is 1.91. The van der Waals surface area contributed by atoms with Crippen LogP contribution < -0.4 is 4.90 Å². The highest BCUT2D eigenvalue weighted by molar-refractivity contribution is 5.88. The lowest BCUT2D eigenvalue weighted by Crippen LogP contribution is -2.30. The molecular formula is C17H21NO2. The number of carboxylic acid groups (broad SMARTS) is 1. The predicted molar refractivity (Wildman–Crippen MR) is 78.3 cm³/mol. The Kier molecular flexibility index (Phi) is 2.76. The molecule has 0 amide bonds. The number of carbonyl (C=O) groups is 1. The number of rotatable bonds is 3. The second-order valence-corrected chi connectivity index (χ2v) is 6.78. The van der Waals surface area contributed by atoms with Crippen molar-refractivity contribution in [1.82, 2.24) is 0 Å². The maximum Gasteiger partial charge on any atom is 0.335 e. The molecule has 2 saturated carbocycles. The molecule has 3 nitrogen and oxygen atoms in total. The van der Waals surface area contributed by atoms with E-state index in [-0.39, 0.29) is 0 Å². The third-order valence-electron chi connectivity index (χ3n) is 5.66. The van der Waals surface area contributed by atoms with E-state index in [4.69, 9.17) is 5.11 Å². The summed E-state index contributed by atoms with van der Waals surface area (Å²) in [4.78, 5) is 13.5. The van der Waals surface area contributed by atoms with Gasteiger partial charge in [-0.05, 0) is 67.2 Å². The van der Waals surface area contributed by atoms with E-state index in [2.05, 4.69) is 4.90 Å². The Morgan fingerprint density at radius 2 is 2.20 bits per heavy atom. The highest BCUT2D eigenvalue weighted by atomic mass is 16.4. The summed E-state index contributed by atoms with van der Waals surface area (Å²) in [6, 6.07) is 5.62. The van der Waals surface area contributed by atoms with Crippen LogP contribution in [0, 0.1) is 17.8 Å². The van der Waals surface area contributed by atoms with E-state index in [1.54, 1.807) is 6.07 Å². The molecule has 3 heteroatoms. The smallest absolute Gasteiger partial charge is 0.335 e. The molecule has 3 atom stereocenters. The zero-order chi connectivity index (χ0) is 13.7. The van der Waals surface area contributed by atoms with Gasteiger partial charge in [0.25, 0.3) is 0 Å². The first-order valence-electron chi connectivity index (χ1n) is 7.82. The number of hydrogen-bond donors (Lipinski definition) is 1. The standard InChI is InChI=1S/C17H21NO2/c19-17(20)14-3-4-16-13(9-14)5-6-18(16)10-15-8-11-1-2-12(15)7-11/h3-4,9,11-12,15H,1-2,5-8,10H2,(H,19,20). The number of carboxylic acids is 1. The largest absolute Gasteiger partial charge is 0.478 e. The molecule has 2 aliphatic carbocycles. The maximum atomic E-state index is 11.0. The fourth-order valence-corrected chi connectivity index (χ4v) is 4.68. The van der Waals surface area contributed by atoms with Gasteiger partial charge in [0.15, 0.2) is 0 Å². The molecule has 1 aliphatic heterocycles. The SMILES string of the molecule is O=C(O)c1ccc2c(c1)CCN2CC1CC2CCC1C2. The molecule has 106 valence electrons. The van der Waals surface area contributed by atoms with Crippen molar-refractivity contribution in [1.29, 1.82) is 0 Å². The van der Waals surface area contributed by atoms with Gasteiger partial charge in [-0.25, -0.2) is 4.79 Å². The Morgan fingerprint density at radius 1 is 1.30 bits per heavy atom. The van der Waals surface area contributed by atoms with E-state index in [1.165, 1.54) is 43.5 Å². The number of anilines is 1. The van der Waals surface area contributed by atoms with Gasteiger partial charge in [-0.15, -0.1) is 0 Å². The zero-order valence-corrected chi connectivity index (χ0v) is 11.7. The quantitative estimate of drug-likeness (QED) is 0.918. The number of nitrogens with zero attached hydrogens (tertiary/aromatic N) is 1. The lowest BCUT2D eigenvalue weighted by atomic mass is 9.88. The average Bonchev–Trinajstić information content (AvgIpc) is 3.14. The first-order chi connectivity index (χ1) is 9.70. The second-order valence-electron chi connectivity index (χ2n) is 6.78. The fraction of sp³-hybridized carbons (Fsp3) is 0.588. The van der Waals surface area contributed by atoms with Crippen LogP contribution in [0.15, 0.2) is 18.2 Å². The van der Waals surface area contributed by atoms with Crippen molar-refractivity contribution >= 4 is 11.7 Å². The summed E-state index contributed by atoms with van der Waals surface area (Å²) in [5.74, 6) is 2.02. The van der Waals surface area contributed by atoms with Gasteiger partial charge >= 0.3 is 5.97 Å². The van der Waals surface area contributed by atoms with Crippen molar-refractivity contribution in [2.75, 3.05) is 18.0 Å². The van der Waals surface area contributed by atoms with Gasteiger partial charge in [-0.1, -0.05) is 6.42 Å². The van der Waals surface area contributed by atoms with Crippen LogP contribution in [0.25, 0.3) is 0 Å². The lowest BCUT2D eigenvalue weighted by Gasteiger charge is -2.28. The molecule has 2 bridgehead atoms. The summed E-state index contributed by atoms with van der Waals surface area (Å²) in [7, 11) is 0. The summed E-state index contributed by atoms with van der Waals surface area (Å²) >= 11 is 0. The minimum absolute atomic E-state index is 0.422. The minimum atomic E-state index is -0.820. The van der Waals surface area contributed by atoms with E-state index in [9.17, 15) is 4.79 Å². The van der Waals surface area contributed by atoms with Crippen LogP contribution >= 0.6 is 0 Å². The van der Waals surface area contributed by atoms with E-state index in [1.807, 2.05) is 12.1 Å². The highest BCUT2D eigenvalue weighted by Gasteiger charge is 2.40. The van der Waals surface area contributed by atoms with Crippen LogP contribution in [0.1, 0.15) is 41.6 Å². The van der Waals surface area contributed by atoms with Crippen molar-refractivity contribution < 1.29 is 9.90 Å². The summed E-state index contributed by atoms with van der Waals surface area (Å²) in [5, 5.41) is 9.07. The molecule has 3 unspecified atom stereocenters. The lowest BCUT2D eigenvalue weighted by molar-refractivity contribution is 0.0697. The Hall–Kier alpha value is -1.51. The van der Waals surface area contributed by atoms with E-state index >= 15 is 0 Å². The Labute approximate surface area is 119 Å². The van der Waals surface area contributed by atoms with Crippen molar-refractivity contribution in [2.45, 2.75) is 32.1 Å². The number of aromatic carboxylic acids is 1. The fourth-order valence-electron chi connectivity index (χ4n) is 4.68. The number of benzene rings is 1. The maximum absolute atomic E-state index is 11.0. The highest BCUT2D eigenvalue weighted by Crippen LogP contribution is 2.49. The van der Waals surface area contributed by atoms with Crippen LogP contribution in [-0.4, -0.2) is 24.2 Å². The molecule has 0 saturated heterocycles. The predicted octanol–water partition coefficient (Wildman–Crippen LogP) is 3.18. The zero-order valence-electron chi connectivity index (χ0n) is 11.7. The Bertz CT molecular complexity index is 554. The Morgan fingerprint density at radius 3 is 2.90 bits per heavy atom. The first kappa shape index (κ1) is 12.2. The van der Waals surface area contributed by atoms with Crippen LogP contribution in [0.5, 0.6) is 0 Å². The summed E-state index contributed by atoms with van der Waals surface area (Å²) in [6.07, 6.45) is 6.78. The van der Waals surface area contributed by atoms with Gasteiger partial charge in [0.1, 0.15) is 0 Å². The van der Waals surface area contributed by atoms with Gasteiger partial charge in [-0.2, -0.15) is 0 Å². The van der Waals surface area contributed by atoms with Crippen LogP contribution in [0.4, 0.5) is 5.69 Å². The number of fused-ring (bicyclic) bond motifs is 3. The molecule has 0 spiro atoms. The average molecular weight is 271 g/mol. The van der Waals surface area contributed by atoms with Gasteiger partial charge in [0, 0.05) is 18.8 Å². The van der Waals surface area contributed by atoms with Crippen LogP contribution in [0.2, 0.25) is 0 Å². The van der Waals surface area contributed by atoms with Crippen molar-refractivity contribution in [3.8, 4) is 0 Å². The molecule has 0 aromatic heterocycles. The molecule has 0 radical (unpaired) electrons. The number of hydrogen-bond acceptors (Lipinski definition) is 2.